The number of carbonyl (C=O) groups is 1. The van der Waals surface area contributed by atoms with Crippen molar-refractivity contribution in [2.24, 2.45) is 0 Å². The second-order valence-corrected chi connectivity index (χ2v) is 4.86. The van der Waals surface area contributed by atoms with Crippen LogP contribution in [0.5, 0.6) is 5.75 Å². The Morgan fingerprint density at radius 3 is 2.65 bits per heavy atom. The van der Waals surface area contributed by atoms with Crippen LogP contribution in [-0.2, 0) is 4.79 Å². The van der Waals surface area contributed by atoms with Crippen LogP contribution in [0.25, 0.3) is 0 Å². The molecule has 0 fully saturated rings. The number of ether oxygens (including phenoxy) is 1. The molecule has 1 rings (SSSR count). The fraction of sp³-hybridized carbons (Fsp3) is 0.500. The smallest absolute Gasteiger partial charge is 0.224 e. The van der Waals surface area contributed by atoms with E-state index in [0.717, 1.165) is 11.3 Å². The summed E-state index contributed by atoms with van der Waals surface area (Å²) in [4.78, 5) is 11.9. The Morgan fingerprint density at radius 2 is 2.10 bits per heavy atom. The van der Waals surface area contributed by atoms with E-state index < -0.39 is 5.54 Å². The first kappa shape index (κ1) is 16.0. The molecule has 20 heavy (non-hydrogen) atoms. The van der Waals surface area contributed by atoms with Gasteiger partial charge in [0.05, 0.1) is 19.1 Å². The van der Waals surface area contributed by atoms with Gasteiger partial charge in [-0.1, -0.05) is 26.0 Å². The second-order valence-electron chi connectivity index (χ2n) is 4.86. The maximum Gasteiger partial charge on any atom is 0.224 e. The van der Waals surface area contributed by atoms with Crippen LogP contribution in [0.3, 0.4) is 0 Å². The number of rotatable bonds is 7. The molecule has 0 aliphatic rings. The zero-order valence-corrected chi connectivity index (χ0v) is 12.4. The van der Waals surface area contributed by atoms with Crippen LogP contribution in [0.15, 0.2) is 24.3 Å². The van der Waals surface area contributed by atoms with Crippen molar-refractivity contribution in [1.82, 2.24) is 5.32 Å². The summed E-state index contributed by atoms with van der Waals surface area (Å²) in [6.45, 7) is 6.10. The predicted octanol–water partition coefficient (Wildman–Crippen LogP) is 2.96. The molecular weight excluding hydrogens is 252 g/mol. The lowest BCUT2D eigenvalue weighted by molar-refractivity contribution is -0.123. The summed E-state index contributed by atoms with van der Waals surface area (Å²) >= 11 is 0. The lowest BCUT2D eigenvalue weighted by atomic mass is 9.94. The third-order valence-corrected chi connectivity index (χ3v) is 3.39. The SMILES string of the molecule is CCC(C#N)(CC)NC(=O)CCOc1cccc(C)c1. The number of nitrogens with one attached hydrogen (secondary N) is 1. The number of amides is 1. The summed E-state index contributed by atoms with van der Waals surface area (Å²) in [6, 6.07) is 9.88. The monoisotopic (exact) mass is 274 g/mol. The number of nitriles is 1. The van der Waals surface area contributed by atoms with Crippen molar-refractivity contribution in [2.75, 3.05) is 6.61 Å². The fourth-order valence-corrected chi connectivity index (χ4v) is 1.91. The van der Waals surface area contributed by atoms with Gasteiger partial charge in [0, 0.05) is 0 Å². The molecule has 0 radical (unpaired) electrons. The number of hydrogen-bond acceptors (Lipinski definition) is 3. The van der Waals surface area contributed by atoms with Gasteiger partial charge in [0.25, 0.3) is 0 Å². The molecule has 1 aromatic carbocycles. The first-order valence-electron chi connectivity index (χ1n) is 6.97. The average Bonchev–Trinajstić information content (AvgIpc) is 2.45. The number of benzene rings is 1. The third kappa shape index (κ3) is 4.58. The summed E-state index contributed by atoms with van der Waals surface area (Å²) in [5.74, 6) is 0.609. The Balaban J connectivity index is 2.43. The molecule has 1 N–H and O–H groups in total. The van der Waals surface area contributed by atoms with Crippen molar-refractivity contribution in [1.29, 1.82) is 5.26 Å². The average molecular weight is 274 g/mol. The number of hydrogen-bond donors (Lipinski definition) is 1. The quantitative estimate of drug-likeness (QED) is 0.831. The molecule has 0 aromatic heterocycles. The minimum absolute atomic E-state index is 0.150. The minimum atomic E-state index is -0.750. The van der Waals surface area contributed by atoms with Gasteiger partial charge in [-0.2, -0.15) is 5.26 Å². The molecule has 108 valence electrons. The van der Waals surface area contributed by atoms with Crippen molar-refractivity contribution in [2.45, 2.75) is 45.6 Å². The summed E-state index contributed by atoms with van der Waals surface area (Å²) in [5, 5.41) is 12.0. The van der Waals surface area contributed by atoms with Gasteiger partial charge in [-0.25, -0.2) is 0 Å². The van der Waals surface area contributed by atoms with Gasteiger partial charge in [-0.3, -0.25) is 4.79 Å². The summed E-state index contributed by atoms with van der Waals surface area (Å²) in [6.07, 6.45) is 1.45. The van der Waals surface area contributed by atoms with Gasteiger partial charge in [0.1, 0.15) is 11.3 Å². The van der Waals surface area contributed by atoms with E-state index in [2.05, 4.69) is 11.4 Å². The van der Waals surface area contributed by atoms with Crippen molar-refractivity contribution in [3.63, 3.8) is 0 Å². The zero-order valence-electron chi connectivity index (χ0n) is 12.4. The largest absolute Gasteiger partial charge is 0.493 e. The van der Waals surface area contributed by atoms with Crippen LogP contribution in [-0.4, -0.2) is 18.1 Å². The highest BCUT2D eigenvalue weighted by Gasteiger charge is 2.27. The molecule has 1 aromatic rings. The van der Waals surface area contributed by atoms with E-state index in [1.54, 1.807) is 0 Å². The number of aryl methyl sites for hydroxylation is 1. The van der Waals surface area contributed by atoms with Crippen molar-refractivity contribution < 1.29 is 9.53 Å². The third-order valence-electron chi connectivity index (χ3n) is 3.39. The molecule has 0 aliphatic carbocycles. The first-order valence-corrected chi connectivity index (χ1v) is 6.97. The summed E-state index contributed by atoms with van der Waals surface area (Å²) in [5.41, 5.74) is 0.368. The molecule has 0 spiro atoms. The van der Waals surface area contributed by atoms with E-state index in [1.807, 2.05) is 45.0 Å². The highest BCUT2D eigenvalue weighted by molar-refractivity contribution is 5.77. The fourth-order valence-electron chi connectivity index (χ4n) is 1.91. The predicted molar refractivity (Wildman–Crippen MR) is 78.4 cm³/mol. The standard InChI is InChI=1S/C16H22N2O2/c1-4-16(5-2,12-17)18-15(19)9-10-20-14-8-6-7-13(3)11-14/h6-8,11H,4-5,9-10H2,1-3H3,(H,18,19). The Kier molecular flexibility index (Phi) is 6.05. The lowest BCUT2D eigenvalue weighted by Crippen LogP contribution is -2.46. The van der Waals surface area contributed by atoms with Crippen LogP contribution in [0.1, 0.15) is 38.7 Å². The van der Waals surface area contributed by atoms with Gasteiger partial charge < -0.3 is 10.1 Å². The van der Waals surface area contributed by atoms with Crippen molar-refractivity contribution in [3.8, 4) is 11.8 Å². The van der Waals surface area contributed by atoms with E-state index >= 15 is 0 Å². The number of nitrogens with zero attached hydrogens (tertiary/aromatic N) is 1. The van der Waals surface area contributed by atoms with Gasteiger partial charge in [0.15, 0.2) is 0 Å². The molecule has 1 amide bonds. The highest BCUT2D eigenvalue weighted by Crippen LogP contribution is 2.15. The van der Waals surface area contributed by atoms with Gasteiger partial charge >= 0.3 is 0 Å². The molecular formula is C16H22N2O2. The van der Waals surface area contributed by atoms with Gasteiger partial charge in [-0.15, -0.1) is 0 Å². The Bertz CT molecular complexity index is 487. The molecule has 0 aliphatic heterocycles. The van der Waals surface area contributed by atoms with Crippen LogP contribution in [0.4, 0.5) is 0 Å². The molecule has 4 heteroatoms. The molecule has 0 bridgehead atoms. The lowest BCUT2D eigenvalue weighted by Gasteiger charge is -2.24. The maximum absolute atomic E-state index is 11.9. The van der Waals surface area contributed by atoms with Crippen LogP contribution in [0.2, 0.25) is 0 Å². The minimum Gasteiger partial charge on any atom is -0.493 e. The molecule has 0 saturated heterocycles. The molecule has 4 nitrogen and oxygen atoms in total. The Morgan fingerprint density at radius 1 is 1.40 bits per heavy atom. The van der Waals surface area contributed by atoms with E-state index in [9.17, 15) is 4.79 Å². The molecule has 0 saturated carbocycles. The normalized spacial score (nSPS) is 10.7. The van der Waals surface area contributed by atoms with Gasteiger partial charge in [0.2, 0.25) is 5.91 Å². The van der Waals surface area contributed by atoms with E-state index in [4.69, 9.17) is 10.00 Å². The molecule has 0 heterocycles. The van der Waals surface area contributed by atoms with E-state index in [-0.39, 0.29) is 12.3 Å². The van der Waals surface area contributed by atoms with E-state index in [1.165, 1.54) is 0 Å². The van der Waals surface area contributed by atoms with Crippen LogP contribution in [0, 0.1) is 18.3 Å². The van der Waals surface area contributed by atoms with Crippen LogP contribution < -0.4 is 10.1 Å². The Hall–Kier alpha value is -2.02. The van der Waals surface area contributed by atoms with Gasteiger partial charge in [-0.05, 0) is 37.5 Å². The summed E-state index contributed by atoms with van der Waals surface area (Å²) < 4.78 is 5.53. The van der Waals surface area contributed by atoms with E-state index in [0.29, 0.717) is 19.4 Å². The van der Waals surface area contributed by atoms with Crippen molar-refractivity contribution in [3.05, 3.63) is 29.8 Å². The zero-order chi connectivity index (χ0) is 15.0. The highest BCUT2D eigenvalue weighted by atomic mass is 16.5. The summed E-state index contributed by atoms with van der Waals surface area (Å²) in [7, 11) is 0. The molecule has 0 atom stereocenters. The second kappa shape index (κ2) is 7.54. The topological polar surface area (TPSA) is 62.1 Å². The maximum atomic E-state index is 11.9. The van der Waals surface area contributed by atoms with Crippen molar-refractivity contribution >= 4 is 5.91 Å². The number of carbonyl (C=O) groups excluding carboxylic acids is 1. The molecule has 0 unspecified atom stereocenters. The Labute approximate surface area is 120 Å². The van der Waals surface area contributed by atoms with Crippen LogP contribution >= 0.6 is 0 Å². The first-order chi connectivity index (χ1) is 9.55.